The maximum absolute atomic E-state index is 12.3. The Morgan fingerprint density at radius 2 is 2.19 bits per heavy atom. The molecule has 0 bridgehead atoms. The van der Waals surface area contributed by atoms with E-state index in [0.717, 1.165) is 24.0 Å². The summed E-state index contributed by atoms with van der Waals surface area (Å²) < 4.78 is 36.8. The van der Waals surface area contributed by atoms with Crippen molar-refractivity contribution in [1.29, 1.82) is 0 Å². The van der Waals surface area contributed by atoms with Crippen LogP contribution in [0.15, 0.2) is 17.3 Å². The van der Waals surface area contributed by atoms with Gasteiger partial charge in [-0.1, -0.05) is 35.6 Å². The lowest BCUT2D eigenvalue weighted by Gasteiger charge is -2.08. The fourth-order valence-corrected chi connectivity index (χ4v) is 1.94. The number of halogens is 4. The van der Waals surface area contributed by atoms with Gasteiger partial charge < -0.3 is 5.73 Å². The van der Waals surface area contributed by atoms with Crippen molar-refractivity contribution >= 4 is 40.6 Å². The molecule has 16 heavy (non-hydrogen) atoms. The Morgan fingerprint density at radius 3 is 2.62 bits per heavy atom. The second-order valence-electron chi connectivity index (χ2n) is 2.76. The normalized spacial score (nSPS) is 11.5. The van der Waals surface area contributed by atoms with E-state index in [9.17, 15) is 13.2 Å². The molecule has 0 fully saturated rings. The highest BCUT2D eigenvalue weighted by Crippen LogP contribution is 2.33. The van der Waals surface area contributed by atoms with E-state index in [1.165, 1.54) is 0 Å². The second-order valence-corrected chi connectivity index (χ2v) is 4.66. The van der Waals surface area contributed by atoms with Crippen molar-refractivity contribution in [2.24, 2.45) is 5.73 Å². The zero-order valence-corrected chi connectivity index (χ0v) is 10.1. The molecule has 88 valence electrons. The minimum Gasteiger partial charge on any atom is -0.393 e. The lowest BCUT2D eigenvalue weighted by molar-refractivity contribution is -0.137. The van der Waals surface area contributed by atoms with Crippen LogP contribution >= 0.6 is 35.6 Å². The van der Waals surface area contributed by atoms with Crippen LogP contribution in [0.3, 0.4) is 0 Å². The zero-order chi connectivity index (χ0) is 12.3. The van der Waals surface area contributed by atoms with Crippen LogP contribution in [0.2, 0.25) is 5.02 Å². The minimum absolute atomic E-state index is 0.0592. The first-order chi connectivity index (χ1) is 7.30. The zero-order valence-electron chi connectivity index (χ0n) is 7.71. The summed E-state index contributed by atoms with van der Waals surface area (Å²) in [7, 11) is 0. The van der Waals surface area contributed by atoms with Crippen LogP contribution in [-0.4, -0.2) is 15.7 Å². The maximum atomic E-state index is 12.3. The van der Waals surface area contributed by atoms with Crippen molar-refractivity contribution in [2.75, 3.05) is 5.75 Å². The van der Waals surface area contributed by atoms with Crippen LogP contribution in [0.1, 0.15) is 5.56 Å². The van der Waals surface area contributed by atoms with Gasteiger partial charge in [-0.2, -0.15) is 13.2 Å². The van der Waals surface area contributed by atoms with E-state index in [-0.39, 0.29) is 20.8 Å². The van der Waals surface area contributed by atoms with E-state index in [1.54, 1.807) is 0 Å². The Hall–Kier alpha value is -0.530. The van der Waals surface area contributed by atoms with Gasteiger partial charge in [-0.15, -0.1) is 0 Å². The number of rotatable bonds is 3. The van der Waals surface area contributed by atoms with Crippen molar-refractivity contribution in [1.82, 2.24) is 4.98 Å². The molecule has 0 radical (unpaired) electrons. The molecular formula is C8H6ClF3N2S2. The average molecular weight is 287 g/mol. The molecule has 0 spiro atoms. The number of alkyl halides is 3. The molecule has 1 rings (SSSR count). The Bertz CT molecular complexity index is 409. The van der Waals surface area contributed by atoms with E-state index < -0.39 is 11.7 Å². The molecule has 0 saturated carbocycles. The Balaban J connectivity index is 2.88. The van der Waals surface area contributed by atoms with Crippen LogP contribution < -0.4 is 5.73 Å². The van der Waals surface area contributed by atoms with Gasteiger partial charge in [0, 0.05) is 11.9 Å². The lowest BCUT2D eigenvalue weighted by atomic mass is 10.3. The van der Waals surface area contributed by atoms with Crippen molar-refractivity contribution < 1.29 is 13.2 Å². The number of nitrogens with zero attached hydrogens (tertiary/aromatic N) is 1. The van der Waals surface area contributed by atoms with Crippen molar-refractivity contribution in [2.45, 2.75) is 11.2 Å². The molecule has 2 nitrogen and oxygen atoms in total. The number of thiocarbonyl (C=S) groups is 1. The third-order valence-electron chi connectivity index (χ3n) is 1.49. The molecule has 0 aliphatic rings. The predicted octanol–water partition coefficient (Wildman–Crippen LogP) is 3.13. The highest BCUT2D eigenvalue weighted by Gasteiger charge is 2.31. The minimum atomic E-state index is -4.44. The van der Waals surface area contributed by atoms with Crippen LogP contribution in [0.25, 0.3) is 0 Å². The third-order valence-corrected chi connectivity index (χ3v) is 3.27. The molecule has 1 aromatic rings. The molecule has 2 N–H and O–H groups in total. The average Bonchev–Trinajstić information content (AvgIpc) is 2.14. The quantitative estimate of drug-likeness (QED) is 0.684. The van der Waals surface area contributed by atoms with Gasteiger partial charge in [0.25, 0.3) is 0 Å². The van der Waals surface area contributed by atoms with Gasteiger partial charge in [0.15, 0.2) is 0 Å². The van der Waals surface area contributed by atoms with Gasteiger partial charge in [0.2, 0.25) is 0 Å². The van der Waals surface area contributed by atoms with Crippen LogP contribution in [0, 0.1) is 0 Å². The van der Waals surface area contributed by atoms with Crippen molar-refractivity contribution in [3.05, 3.63) is 22.8 Å². The highest BCUT2D eigenvalue weighted by atomic mass is 35.5. The summed E-state index contributed by atoms with van der Waals surface area (Å²) in [6.07, 6.45) is -3.71. The number of hydrogen-bond donors (Lipinski definition) is 1. The van der Waals surface area contributed by atoms with Gasteiger partial charge >= 0.3 is 6.18 Å². The Kier molecular flexibility index (Phi) is 4.40. The molecule has 0 aromatic carbocycles. The maximum Gasteiger partial charge on any atom is 0.417 e. The molecule has 0 aliphatic carbocycles. The van der Waals surface area contributed by atoms with E-state index in [2.05, 4.69) is 17.2 Å². The predicted molar refractivity (Wildman–Crippen MR) is 61.8 cm³/mol. The van der Waals surface area contributed by atoms with Gasteiger partial charge in [-0.25, -0.2) is 4.98 Å². The summed E-state index contributed by atoms with van der Waals surface area (Å²) >= 11 is 11.4. The first-order valence-corrected chi connectivity index (χ1v) is 5.71. The smallest absolute Gasteiger partial charge is 0.393 e. The molecule has 0 aliphatic heterocycles. The van der Waals surface area contributed by atoms with Gasteiger partial charge in [0.1, 0.15) is 5.03 Å². The Labute approximate surface area is 104 Å². The third kappa shape index (κ3) is 3.80. The van der Waals surface area contributed by atoms with E-state index >= 15 is 0 Å². The second kappa shape index (κ2) is 5.20. The topological polar surface area (TPSA) is 38.9 Å². The van der Waals surface area contributed by atoms with Crippen LogP contribution in [-0.2, 0) is 6.18 Å². The first kappa shape index (κ1) is 13.5. The summed E-state index contributed by atoms with van der Waals surface area (Å²) in [6, 6.07) is 0.830. The molecule has 8 heteroatoms. The largest absolute Gasteiger partial charge is 0.417 e. The number of pyridine rings is 1. The summed E-state index contributed by atoms with van der Waals surface area (Å²) in [5, 5.41) is 0.221. The molecule has 0 atom stereocenters. The van der Waals surface area contributed by atoms with Crippen molar-refractivity contribution in [3.8, 4) is 0 Å². The summed E-state index contributed by atoms with van der Waals surface area (Å²) in [4.78, 5) is 3.85. The summed E-state index contributed by atoms with van der Waals surface area (Å²) in [6.45, 7) is 0. The molecule has 1 aromatic heterocycles. The summed E-state index contributed by atoms with van der Waals surface area (Å²) in [5.41, 5.74) is 4.37. The van der Waals surface area contributed by atoms with Gasteiger partial charge in [0.05, 0.1) is 15.6 Å². The molecule has 0 saturated heterocycles. The van der Waals surface area contributed by atoms with Crippen molar-refractivity contribution in [3.63, 3.8) is 0 Å². The van der Waals surface area contributed by atoms with Crippen LogP contribution in [0.4, 0.5) is 13.2 Å². The number of aromatic nitrogens is 1. The van der Waals surface area contributed by atoms with E-state index in [0.29, 0.717) is 0 Å². The van der Waals surface area contributed by atoms with E-state index in [4.69, 9.17) is 17.3 Å². The molecule has 0 amide bonds. The fourth-order valence-electron chi connectivity index (χ4n) is 0.826. The molecular weight excluding hydrogens is 281 g/mol. The summed E-state index contributed by atoms with van der Waals surface area (Å²) in [5.74, 6) is 0.285. The standard InChI is InChI=1S/C8H6ClF3N2S2/c9-5-1-4(8(10,11)12)2-14-7(5)16-3-6(13)15/h1-2H,3H2,(H2,13,15). The number of hydrogen-bond acceptors (Lipinski definition) is 3. The lowest BCUT2D eigenvalue weighted by Crippen LogP contribution is -2.11. The molecule has 1 heterocycles. The van der Waals surface area contributed by atoms with Gasteiger partial charge in [-0.05, 0) is 6.07 Å². The number of thioether (sulfide) groups is 1. The van der Waals surface area contributed by atoms with Crippen LogP contribution in [0.5, 0.6) is 0 Å². The van der Waals surface area contributed by atoms with Gasteiger partial charge in [-0.3, -0.25) is 0 Å². The highest BCUT2D eigenvalue weighted by molar-refractivity contribution is 8.01. The fraction of sp³-hybridized carbons (Fsp3) is 0.250. The first-order valence-electron chi connectivity index (χ1n) is 3.94. The van der Waals surface area contributed by atoms with E-state index in [1.807, 2.05) is 0 Å². The monoisotopic (exact) mass is 286 g/mol. The SMILES string of the molecule is NC(=S)CSc1ncc(C(F)(F)F)cc1Cl. The molecule has 0 unspecified atom stereocenters. The number of nitrogens with two attached hydrogens (primary N) is 1. The Morgan fingerprint density at radius 1 is 1.56 bits per heavy atom.